The molecule has 1 aliphatic rings. The first kappa shape index (κ1) is 46.4. The van der Waals surface area contributed by atoms with Gasteiger partial charge in [0, 0.05) is 13.0 Å². The quantitative estimate of drug-likeness (QED) is 0.0303. The van der Waals surface area contributed by atoms with Gasteiger partial charge < -0.3 is 39.4 Å². The smallest absolute Gasteiger partial charge is 0.306 e. The van der Waals surface area contributed by atoms with E-state index < -0.39 is 43.4 Å². The summed E-state index contributed by atoms with van der Waals surface area (Å²) >= 11 is 0. The fourth-order valence-corrected chi connectivity index (χ4v) is 5.82. The predicted molar refractivity (Wildman–Crippen MR) is 201 cm³/mol. The molecule has 0 amide bonds. The van der Waals surface area contributed by atoms with Crippen molar-refractivity contribution in [3.8, 4) is 0 Å². The maximum Gasteiger partial charge on any atom is 0.306 e. The van der Waals surface area contributed by atoms with Crippen molar-refractivity contribution < 1.29 is 44.2 Å². The number of aliphatic hydroxyl groups is 4. The number of allylic oxidation sites excluding steroid dienone is 6. The van der Waals surface area contributed by atoms with Crippen molar-refractivity contribution in [1.29, 1.82) is 0 Å². The summed E-state index contributed by atoms with van der Waals surface area (Å²) in [5.74, 6) is -0.332. The second-order valence-corrected chi connectivity index (χ2v) is 13.7. The number of esters is 1. The van der Waals surface area contributed by atoms with Gasteiger partial charge in [0.25, 0.3) is 0 Å². The van der Waals surface area contributed by atoms with Crippen LogP contribution in [-0.2, 0) is 23.7 Å². The minimum Gasteiger partial charge on any atom is -0.457 e. The van der Waals surface area contributed by atoms with Crippen LogP contribution >= 0.6 is 0 Å². The molecule has 9 nitrogen and oxygen atoms in total. The lowest BCUT2D eigenvalue weighted by Gasteiger charge is -2.39. The van der Waals surface area contributed by atoms with E-state index in [1.807, 2.05) is 0 Å². The number of carbonyl (C=O) groups excluding carboxylic acids is 1. The van der Waals surface area contributed by atoms with E-state index in [0.29, 0.717) is 13.0 Å². The zero-order valence-electron chi connectivity index (χ0n) is 31.6. The summed E-state index contributed by atoms with van der Waals surface area (Å²) in [5.41, 5.74) is 0. The molecular weight excluding hydrogens is 636 g/mol. The Morgan fingerprint density at radius 3 is 1.82 bits per heavy atom. The Morgan fingerprint density at radius 2 is 1.20 bits per heavy atom. The first-order valence-electron chi connectivity index (χ1n) is 20.1. The van der Waals surface area contributed by atoms with E-state index in [1.165, 1.54) is 57.8 Å². The molecule has 0 radical (unpaired) electrons. The first-order valence-corrected chi connectivity index (χ1v) is 20.1. The summed E-state index contributed by atoms with van der Waals surface area (Å²) < 4.78 is 22.7. The van der Waals surface area contributed by atoms with E-state index in [-0.39, 0.29) is 19.2 Å². The predicted octanol–water partition coefficient (Wildman–Crippen LogP) is 8.02. The molecule has 50 heavy (non-hydrogen) atoms. The highest BCUT2D eigenvalue weighted by atomic mass is 16.7. The third-order valence-corrected chi connectivity index (χ3v) is 9.01. The summed E-state index contributed by atoms with van der Waals surface area (Å²) in [5, 5.41) is 39.9. The molecule has 0 bridgehead atoms. The Morgan fingerprint density at radius 1 is 0.640 bits per heavy atom. The summed E-state index contributed by atoms with van der Waals surface area (Å²) in [6.45, 7) is 4.44. The first-order chi connectivity index (χ1) is 24.4. The van der Waals surface area contributed by atoms with Gasteiger partial charge in [0.2, 0.25) is 0 Å². The molecule has 1 aliphatic heterocycles. The molecule has 0 spiro atoms. The van der Waals surface area contributed by atoms with Crippen LogP contribution in [-0.4, -0.2) is 89.6 Å². The molecule has 9 heteroatoms. The highest BCUT2D eigenvalue weighted by Gasteiger charge is 2.44. The van der Waals surface area contributed by atoms with Crippen molar-refractivity contribution in [2.24, 2.45) is 0 Å². The van der Waals surface area contributed by atoms with Gasteiger partial charge in [-0.05, 0) is 64.2 Å². The molecule has 1 heterocycles. The van der Waals surface area contributed by atoms with E-state index in [1.54, 1.807) is 0 Å². The van der Waals surface area contributed by atoms with Gasteiger partial charge in [-0.3, -0.25) is 4.79 Å². The topological polar surface area (TPSA) is 135 Å². The zero-order valence-corrected chi connectivity index (χ0v) is 31.6. The average Bonchev–Trinajstić information content (AvgIpc) is 3.11. The standard InChI is InChI=1S/C41H74O9/c1-3-5-7-9-11-13-15-16-17-18-19-20-22-24-26-28-30-37(43)49-35(34-48-41-40(46)39(45)38(44)36(32-42)50-41)33-47-31-29-27-25-23-21-14-12-10-8-6-4-2/h8,10,13,15,17-18,35-36,38-42,44-46H,3-7,9,11-12,14,16,19-34H2,1-2H3/b10-8-,15-13-,18-17-. The SMILES string of the molecule is CCC/C=C\CCCCCCCCOCC(COC1OC(CO)C(O)C(O)C1O)OC(=O)CCCCCCC/C=C\C/C=C\CCCCCC. The van der Waals surface area contributed by atoms with Crippen molar-refractivity contribution in [3.05, 3.63) is 36.5 Å². The number of hydrogen-bond acceptors (Lipinski definition) is 9. The number of ether oxygens (including phenoxy) is 4. The largest absolute Gasteiger partial charge is 0.457 e. The lowest BCUT2D eigenvalue weighted by atomic mass is 9.99. The van der Waals surface area contributed by atoms with Crippen LogP contribution in [0, 0.1) is 0 Å². The third kappa shape index (κ3) is 24.6. The van der Waals surface area contributed by atoms with Gasteiger partial charge in [0.15, 0.2) is 6.29 Å². The zero-order chi connectivity index (χ0) is 36.5. The van der Waals surface area contributed by atoms with E-state index >= 15 is 0 Å². The number of hydrogen-bond donors (Lipinski definition) is 4. The van der Waals surface area contributed by atoms with Crippen molar-refractivity contribution in [1.82, 2.24) is 0 Å². The van der Waals surface area contributed by atoms with E-state index in [9.17, 15) is 25.2 Å². The Bertz CT molecular complexity index is 859. The molecule has 0 aromatic heterocycles. The van der Waals surface area contributed by atoms with E-state index in [2.05, 4.69) is 50.3 Å². The summed E-state index contributed by atoms with van der Waals surface area (Å²) in [7, 11) is 0. The van der Waals surface area contributed by atoms with Gasteiger partial charge in [-0.2, -0.15) is 0 Å². The Labute approximate surface area is 304 Å². The fourth-order valence-electron chi connectivity index (χ4n) is 5.82. The fraction of sp³-hybridized carbons (Fsp3) is 0.829. The van der Waals surface area contributed by atoms with Gasteiger partial charge in [-0.1, -0.05) is 121 Å². The van der Waals surface area contributed by atoms with E-state index in [0.717, 1.165) is 77.0 Å². The van der Waals surface area contributed by atoms with Gasteiger partial charge in [0.1, 0.15) is 30.5 Å². The van der Waals surface area contributed by atoms with Crippen molar-refractivity contribution in [2.75, 3.05) is 26.4 Å². The number of aliphatic hydroxyl groups excluding tert-OH is 4. The van der Waals surface area contributed by atoms with Crippen LogP contribution in [0.3, 0.4) is 0 Å². The highest BCUT2D eigenvalue weighted by molar-refractivity contribution is 5.69. The molecule has 4 N–H and O–H groups in total. The maximum absolute atomic E-state index is 12.7. The second kappa shape index (κ2) is 33.3. The van der Waals surface area contributed by atoms with Gasteiger partial charge in [-0.15, -0.1) is 0 Å². The van der Waals surface area contributed by atoms with Gasteiger partial charge in [0.05, 0.1) is 19.8 Å². The Hall–Kier alpha value is -1.59. The monoisotopic (exact) mass is 711 g/mol. The molecule has 0 aromatic rings. The van der Waals surface area contributed by atoms with Crippen LogP contribution in [0.25, 0.3) is 0 Å². The third-order valence-electron chi connectivity index (χ3n) is 9.01. The lowest BCUT2D eigenvalue weighted by molar-refractivity contribution is -0.305. The minimum atomic E-state index is -1.54. The average molecular weight is 711 g/mol. The van der Waals surface area contributed by atoms with Crippen LogP contribution in [0.2, 0.25) is 0 Å². The molecular formula is C41H74O9. The number of rotatable bonds is 33. The minimum absolute atomic E-state index is 0.122. The molecule has 0 aliphatic carbocycles. The maximum atomic E-state index is 12.7. The molecule has 6 unspecified atom stereocenters. The summed E-state index contributed by atoms with van der Waals surface area (Å²) in [6, 6.07) is 0. The van der Waals surface area contributed by atoms with Crippen LogP contribution in [0.5, 0.6) is 0 Å². The summed E-state index contributed by atoms with van der Waals surface area (Å²) in [6.07, 6.45) is 30.2. The normalized spacial score (nSPS) is 21.9. The van der Waals surface area contributed by atoms with Crippen molar-refractivity contribution in [2.45, 2.75) is 192 Å². The molecule has 0 saturated carbocycles. The van der Waals surface area contributed by atoms with E-state index in [4.69, 9.17) is 18.9 Å². The van der Waals surface area contributed by atoms with Crippen molar-refractivity contribution in [3.63, 3.8) is 0 Å². The summed E-state index contributed by atoms with van der Waals surface area (Å²) in [4.78, 5) is 12.7. The van der Waals surface area contributed by atoms with Gasteiger partial charge >= 0.3 is 5.97 Å². The number of carbonyl (C=O) groups is 1. The molecule has 1 fully saturated rings. The molecule has 6 atom stereocenters. The van der Waals surface area contributed by atoms with Gasteiger partial charge in [-0.25, -0.2) is 0 Å². The molecule has 1 saturated heterocycles. The van der Waals surface area contributed by atoms with Crippen LogP contribution in [0.15, 0.2) is 36.5 Å². The van der Waals surface area contributed by atoms with Crippen LogP contribution < -0.4 is 0 Å². The molecule has 0 aromatic carbocycles. The van der Waals surface area contributed by atoms with Crippen molar-refractivity contribution >= 4 is 5.97 Å². The van der Waals surface area contributed by atoms with Crippen LogP contribution in [0.1, 0.15) is 155 Å². The molecule has 292 valence electrons. The van der Waals surface area contributed by atoms with Crippen LogP contribution in [0.4, 0.5) is 0 Å². The Balaban J connectivity index is 2.33. The molecule has 1 rings (SSSR count). The number of unbranched alkanes of at least 4 members (excludes halogenated alkanes) is 16. The lowest BCUT2D eigenvalue weighted by Crippen LogP contribution is -2.59. The second-order valence-electron chi connectivity index (χ2n) is 13.7. The highest BCUT2D eigenvalue weighted by Crippen LogP contribution is 2.22. The Kier molecular flexibility index (Phi) is 30.9.